The van der Waals surface area contributed by atoms with Crippen molar-refractivity contribution in [1.29, 1.82) is 0 Å². The van der Waals surface area contributed by atoms with Crippen LogP contribution in [0.25, 0.3) is 11.3 Å². The van der Waals surface area contributed by atoms with Crippen LogP contribution in [-0.4, -0.2) is 6.54 Å². The molecule has 0 saturated carbocycles. The quantitative estimate of drug-likeness (QED) is 0.860. The summed E-state index contributed by atoms with van der Waals surface area (Å²) in [6, 6.07) is 12.5. The molecule has 0 aliphatic rings. The molecule has 1 N–H and O–H groups in total. The van der Waals surface area contributed by atoms with Gasteiger partial charge in [0.1, 0.15) is 11.5 Å². The Balaban J connectivity index is 2.15. The summed E-state index contributed by atoms with van der Waals surface area (Å²) in [5.74, 6) is 1.90. The van der Waals surface area contributed by atoms with Crippen LogP contribution in [-0.2, 0) is 0 Å². The molecule has 0 saturated heterocycles. The Labute approximate surface area is 117 Å². The second-order valence-corrected chi connectivity index (χ2v) is 5.30. The van der Waals surface area contributed by atoms with Gasteiger partial charge < -0.3 is 9.73 Å². The minimum Gasteiger partial charge on any atom is -0.459 e. The van der Waals surface area contributed by atoms with E-state index in [1.807, 2.05) is 24.3 Å². The molecule has 3 heteroatoms. The van der Waals surface area contributed by atoms with Crippen LogP contribution in [0.15, 0.2) is 45.3 Å². The number of furan rings is 1. The van der Waals surface area contributed by atoms with Crippen LogP contribution in [0.2, 0.25) is 0 Å². The van der Waals surface area contributed by atoms with E-state index in [1.165, 1.54) is 0 Å². The normalized spacial score (nSPS) is 12.6. The van der Waals surface area contributed by atoms with Gasteiger partial charge in [-0.3, -0.25) is 0 Å². The van der Waals surface area contributed by atoms with Gasteiger partial charge in [0.05, 0.1) is 6.04 Å². The highest BCUT2D eigenvalue weighted by Crippen LogP contribution is 2.27. The number of nitrogens with one attached hydrogen (secondary N) is 1. The zero-order valence-electron chi connectivity index (χ0n) is 10.7. The van der Waals surface area contributed by atoms with Crippen LogP contribution in [0, 0.1) is 0 Å². The van der Waals surface area contributed by atoms with E-state index in [0.717, 1.165) is 34.5 Å². The molecule has 2 aromatic rings. The molecule has 0 fully saturated rings. The van der Waals surface area contributed by atoms with Crippen molar-refractivity contribution in [2.24, 2.45) is 0 Å². The molecule has 0 amide bonds. The van der Waals surface area contributed by atoms with E-state index in [-0.39, 0.29) is 6.04 Å². The van der Waals surface area contributed by atoms with E-state index >= 15 is 0 Å². The van der Waals surface area contributed by atoms with Gasteiger partial charge in [-0.25, -0.2) is 0 Å². The van der Waals surface area contributed by atoms with Crippen molar-refractivity contribution < 1.29 is 4.42 Å². The number of hydrogen-bond acceptors (Lipinski definition) is 2. The maximum absolute atomic E-state index is 5.90. The van der Waals surface area contributed by atoms with Gasteiger partial charge >= 0.3 is 0 Å². The molecule has 0 bridgehead atoms. The van der Waals surface area contributed by atoms with Crippen molar-refractivity contribution in [2.75, 3.05) is 6.54 Å². The molecular weight excluding hydrogens is 290 g/mol. The highest BCUT2D eigenvalue weighted by atomic mass is 79.9. The molecule has 0 spiro atoms. The molecule has 0 aliphatic heterocycles. The lowest BCUT2D eigenvalue weighted by atomic mass is 10.2. The fourth-order valence-electron chi connectivity index (χ4n) is 1.84. The van der Waals surface area contributed by atoms with Gasteiger partial charge in [-0.05, 0) is 44.2 Å². The standard InChI is InChI=1S/C15H18BrNO/c1-3-9-17-11(2)14-7-8-15(18-14)12-5-4-6-13(16)10-12/h4-8,10-11,17H,3,9H2,1-2H3. The molecule has 2 nitrogen and oxygen atoms in total. The van der Waals surface area contributed by atoms with Crippen LogP contribution in [0.5, 0.6) is 0 Å². The Morgan fingerprint density at radius 2 is 2.11 bits per heavy atom. The Morgan fingerprint density at radius 3 is 2.83 bits per heavy atom. The number of benzene rings is 1. The molecule has 1 aromatic carbocycles. The lowest BCUT2D eigenvalue weighted by Gasteiger charge is -2.09. The summed E-state index contributed by atoms with van der Waals surface area (Å²) in [6.45, 7) is 5.29. The summed E-state index contributed by atoms with van der Waals surface area (Å²) in [5, 5.41) is 3.42. The first-order chi connectivity index (χ1) is 8.70. The van der Waals surface area contributed by atoms with Gasteiger partial charge in [0.25, 0.3) is 0 Å². The van der Waals surface area contributed by atoms with Crippen molar-refractivity contribution in [1.82, 2.24) is 5.32 Å². The van der Waals surface area contributed by atoms with Crippen molar-refractivity contribution in [3.05, 3.63) is 46.6 Å². The molecule has 1 aromatic heterocycles. The first kappa shape index (κ1) is 13.4. The van der Waals surface area contributed by atoms with Crippen LogP contribution >= 0.6 is 15.9 Å². The highest BCUT2D eigenvalue weighted by molar-refractivity contribution is 9.10. The summed E-state index contributed by atoms with van der Waals surface area (Å²) in [4.78, 5) is 0. The third kappa shape index (κ3) is 3.24. The average molecular weight is 308 g/mol. The predicted molar refractivity (Wildman–Crippen MR) is 78.6 cm³/mol. The monoisotopic (exact) mass is 307 g/mol. The predicted octanol–water partition coefficient (Wildman–Crippen LogP) is 4.77. The molecule has 18 heavy (non-hydrogen) atoms. The Bertz CT molecular complexity index is 507. The van der Waals surface area contributed by atoms with E-state index < -0.39 is 0 Å². The Kier molecular flexibility index (Phi) is 4.61. The van der Waals surface area contributed by atoms with Crippen LogP contribution < -0.4 is 5.32 Å². The minimum absolute atomic E-state index is 0.255. The van der Waals surface area contributed by atoms with Gasteiger partial charge in [-0.15, -0.1) is 0 Å². The molecule has 0 aliphatic carbocycles. The number of rotatable bonds is 5. The molecule has 0 radical (unpaired) electrons. The fraction of sp³-hybridized carbons (Fsp3) is 0.333. The van der Waals surface area contributed by atoms with Gasteiger partial charge in [-0.1, -0.05) is 35.0 Å². The van der Waals surface area contributed by atoms with Gasteiger partial charge in [-0.2, -0.15) is 0 Å². The van der Waals surface area contributed by atoms with Crippen molar-refractivity contribution >= 4 is 15.9 Å². The van der Waals surface area contributed by atoms with Gasteiger partial charge in [0, 0.05) is 10.0 Å². The van der Waals surface area contributed by atoms with Crippen LogP contribution in [0.1, 0.15) is 32.1 Å². The number of hydrogen-bond donors (Lipinski definition) is 1. The largest absolute Gasteiger partial charge is 0.459 e. The fourth-order valence-corrected chi connectivity index (χ4v) is 2.24. The molecule has 1 atom stereocenters. The van der Waals surface area contributed by atoms with Crippen molar-refractivity contribution in [3.8, 4) is 11.3 Å². The SMILES string of the molecule is CCCNC(C)c1ccc(-c2cccc(Br)c2)o1. The summed E-state index contributed by atoms with van der Waals surface area (Å²) < 4.78 is 6.97. The average Bonchev–Trinajstić information content (AvgIpc) is 2.85. The molecular formula is C15H18BrNO. The zero-order valence-corrected chi connectivity index (χ0v) is 12.3. The third-order valence-corrected chi connectivity index (χ3v) is 3.36. The van der Waals surface area contributed by atoms with E-state index in [0.29, 0.717) is 0 Å². The Hall–Kier alpha value is -1.06. The minimum atomic E-state index is 0.255. The molecule has 96 valence electrons. The summed E-state index contributed by atoms with van der Waals surface area (Å²) in [6.07, 6.45) is 1.13. The molecule has 1 unspecified atom stereocenters. The maximum atomic E-state index is 5.90. The van der Waals surface area contributed by atoms with Crippen LogP contribution in [0.3, 0.4) is 0 Å². The smallest absolute Gasteiger partial charge is 0.134 e. The Morgan fingerprint density at radius 1 is 1.28 bits per heavy atom. The van der Waals surface area contributed by atoms with Crippen LogP contribution in [0.4, 0.5) is 0 Å². The lowest BCUT2D eigenvalue weighted by molar-refractivity contribution is 0.439. The lowest BCUT2D eigenvalue weighted by Crippen LogP contribution is -2.18. The van der Waals surface area contributed by atoms with Gasteiger partial charge in [0.2, 0.25) is 0 Å². The third-order valence-electron chi connectivity index (χ3n) is 2.86. The molecule has 2 rings (SSSR count). The summed E-state index contributed by atoms with van der Waals surface area (Å²) in [7, 11) is 0. The maximum Gasteiger partial charge on any atom is 0.134 e. The van der Waals surface area contributed by atoms with E-state index in [2.05, 4.69) is 47.2 Å². The second-order valence-electron chi connectivity index (χ2n) is 4.39. The number of halogens is 1. The van der Waals surface area contributed by atoms with Crippen molar-refractivity contribution in [3.63, 3.8) is 0 Å². The first-order valence-corrected chi connectivity index (χ1v) is 7.09. The first-order valence-electron chi connectivity index (χ1n) is 6.29. The van der Waals surface area contributed by atoms with E-state index in [4.69, 9.17) is 4.42 Å². The van der Waals surface area contributed by atoms with E-state index in [1.54, 1.807) is 0 Å². The van der Waals surface area contributed by atoms with Crippen molar-refractivity contribution in [2.45, 2.75) is 26.3 Å². The second kappa shape index (κ2) is 6.21. The van der Waals surface area contributed by atoms with Gasteiger partial charge in [0.15, 0.2) is 0 Å². The summed E-state index contributed by atoms with van der Waals surface area (Å²) >= 11 is 3.48. The summed E-state index contributed by atoms with van der Waals surface area (Å²) in [5.41, 5.74) is 1.10. The van der Waals surface area contributed by atoms with E-state index in [9.17, 15) is 0 Å². The zero-order chi connectivity index (χ0) is 13.0. The topological polar surface area (TPSA) is 25.2 Å². The molecule has 1 heterocycles. The highest BCUT2D eigenvalue weighted by Gasteiger charge is 2.10.